The molecule has 0 spiro atoms. The Labute approximate surface area is 105 Å². The molecule has 0 aromatic carbocycles. The Hall–Kier alpha value is -0.370. The average Bonchev–Trinajstić information content (AvgIpc) is 2.26. The molecule has 0 aliphatic heterocycles. The van der Waals surface area contributed by atoms with Gasteiger partial charge in [-0.1, -0.05) is 19.8 Å². The second-order valence-corrected chi connectivity index (χ2v) is 6.05. The van der Waals surface area contributed by atoms with Crippen molar-refractivity contribution in [1.29, 1.82) is 0 Å². The van der Waals surface area contributed by atoms with Crippen LogP contribution >= 0.6 is 0 Å². The van der Waals surface area contributed by atoms with Crippen LogP contribution in [0.4, 0.5) is 0 Å². The predicted octanol–water partition coefficient (Wildman–Crippen LogP) is 3.59. The van der Waals surface area contributed by atoms with Gasteiger partial charge in [-0.3, -0.25) is 4.79 Å². The van der Waals surface area contributed by atoms with E-state index in [1.165, 1.54) is 12.8 Å². The van der Waals surface area contributed by atoms with Crippen LogP contribution in [0.15, 0.2) is 0 Å². The van der Waals surface area contributed by atoms with E-state index in [4.69, 9.17) is 4.74 Å². The topological polar surface area (TPSA) is 26.3 Å². The van der Waals surface area contributed by atoms with Gasteiger partial charge in [0.2, 0.25) is 0 Å². The minimum absolute atomic E-state index is 0.380. The molecule has 2 nitrogen and oxygen atoms in total. The molecule has 2 saturated carbocycles. The molecule has 17 heavy (non-hydrogen) atoms. The Kier molecular flexibility index (Phi) is 4.61. The van der Waals surface area contributed by atoms with Crippen molar-refractivity contribution in [3.63, 3.8) is 0 Å². The third-order valence-corrected chi connectivity index (χ3v) is 4.48. The van der Waals surface area contributed by atoms with Gasteiger partial charge >= 0.3 is 0 Å². The number of ether oxygens (including phenoxy) is 1. The normalized spacial score (nSPS) is 37.5. The van der Waals surface area contributed by atoms with E-state index in [0.717, 1.165) is 44.6 Å². The van der Waals surface area contributed by atoms with Gasteiger partial charge in [0.25, 0.3) is 0 Å². The summed E-state index contributed by atoms with van der Waals surface area (Å²) in [4.78, 5) is 12.2. The highest BCUT2D eigenvalue weighted by molar-refractivity contribution is 5.81. The Morgan fingerprint density at radius 1 is 1.24 bits per heavy atom. The zero-order valence-electron chi connectivity index (χ0n) is 11.3. The fourth-order valence-electron chi connectivity index (χ4n) is 3.39. The smallest absolute Gasteiger partial charge is 0.136 e. The number of carbonyl (C=O) groups excluding carboxylic acids is 1. The van der Waals surface area contributed by atoms with E-state index >= 15 is 0 Å². The van der Waals surface area contributed by atoms with Crippen LogP contribution in [0.25, 0.3) is 0 Å². The van der Waals surface area contributed by atoms with Crippen LogP contribution in [0.2, 0.25) is 0 Å². The second-order valence-electron chi connectivity index (χ2n) is 6.05. The van der Waals surface area contributed by atoms with Crippen LogP contribution in [-0.2, 0) is 9.53 Å². The third-order valence-electron chi connectivity index (χ3n) is 4.48. The van der Waals surface area contributed by atoms with Crippen LogP contribution in [0.3, 0.4) is 0 Å². The van der Waals surface area contributed by atoms with Gasteiger partial charge in [-0.15, -0.1) is 0 Å². The third kappa shape index (κ3) is 3.54. The van der Waals surface area contributed by atoms with E-state index in [9.17, 15) is 4.79 Å². The minimum atomic E-state index is 0.380. The summed E-state index contributed by atoms with van der Waals surface area (Å²) in [7, 11) is 0. The van der Waals surface area contributed by atoms with Crippen molar-refractivity contribution in [2.75, 3.05) is 6.61 Å². The Morgan fingerprint density at radius 3 is 2.65 bits per heavy atom. The number of ketones is 1. The molecular weight excluding hydrogens is 212 g/mol. The van der Waals surface area contributed by atoms with Gasteiger partial charge < -0.3 is 4.74 Å². The predicted molar refractivity (Wildman–Crippen MR) is 68.9 cm³/mol. The van der Waals surface area contributed by atoms with Crippen molar-refractivity contribution < 1.29 is 9.53 Å². The van der Waals surface area contributed by atoms with Gasteiger partial charge in [0, 0.05) is 18.9 Å². The summed E-state index contributed by atoms with van der Waals surface area (Å²) in [5.74, 6) is 2.30. The maximum Gasteiger partial charge on any atom is 0.136 e. The molecule has 0 radical (unpaired) electrons. The summed E-state index contributed by atoms with van der Waals surface area (Å²) < 4.78 is 5.54. The van der Waals surface area contributed by atoms with Gasteiger partial charge in [-0.05, 0) is 44.4 Å². The average molecular weight is 238 g/mol. The zero-order valence-corrected chi connectivity index (χ0v) is 11.3. The largest absolute Gasteiger partial charge is 0.378 e. The molecule has 0 bridgehead atoms. The summed E-state index contributed by atoms with van der Waals surface area (Å²) in [6, 6.07) is 0. The summed E-state index contributed by atoms with van der Waals surface area (Å²) >= 11 is 0. The number of hydrogen-bond acceptors (Lipinski definition) is 2. The highest BCUT2D eigenvalue weighted by Crippen LogP contribution is 2.36. The molecule has 0 N–H and O–H groups in total. The number of hydrogen-bond donors (Lipinski definition) is 0. The van der Waals surface area contributed by atoms with Crippen molar-refractivity contribution in [2.45, 2.75) is 64.9 Å². The Balaban J connectivity index is 1.68. The molecule has 0 aromatic rings. The van der Waals surface area contributed by atoms with Crippen molar-refractivity contribution >= 4 is 5.78 Å². The quantitative estimate of drug-likeness (QED) is 0.731. The molecule has 0 heterocycles. The standard InChI is InChI=1S/C15H26O2/c1-3-17-14-8-12(9-14)10-15(16)13-6-4-5-11(2)7-13/h11-14H,3-10H2,1-2H3. The molecular formula is C15H26O2. The first-order valence-corrected chi connectivity index (χ1v) is 7.33. The van der Waals surface area contributed by atoms with Gasteiger partial charge in [0.05, 0.1) is 6.10 Å². The van der Waals surface area contributed by atoms with Crippen LogP contribution < -0.4 is 0 Å². The summed E-state index contributed by atoms with van der Waals surface area (Å²) in [6.07, 6.45) is 8.35. The SMILES string of the molecule is CCOC1CC(CC(=O)C2CCCC(C)C2)C1. The molecule has 2 atom stereocenters. The van der Waals surface area contributed by atoms with Crippen LogP contribution in [-0.4, -0.2) is 18.5 Å². The molecule has 2 fully saturated rings. The van der Waals surface area contributed by atoms with E-state index < -0.39 is 0 Å². The van der Waals surface area contributed by atoms with E-state index in [1.54, 1.807) is 0 Å². The minimum Gasteiger partial charge on any atom is -0.378 e. The van der Waals surface area contributed by atoms with Crippen molar-refractivity contribution in [2.24, 2.45) is 17.8 Å². The molecule has 0 amide bonds. The molecule has 2 aliphatic carbocycles. The number of carbonyl (C=O) groups is 1. The first-order chi connectivity index (χ1) is 8.19. The molecule has 0 saturated heterocycles. The first kappa shape index (κ1) is 13.1. The van der Waals surface area contributed by atoms with E-state index in [1.807, 2.05) is 6.92 Å². The van der Waals surface area contributed by atoms with E-state index in [2.05, 4.69) is 6.92 Å². The lowest BCUT2D eigenvalue weighted by Gasteiger charge is -2.36. The zero-order chi connectivity index (χ0) is 12.3. The highest BCUT2D eigenvalue weighted by atomic mass is 16.5. The van der Waals surface area contributed by atoms with Gasteiger partial charge in [0.1, 0.15) is 5.78 Å². The fourth-order valence-corrected chi connectivity index (χ4v) is 3.39. The molecule has 2 rings (SSSR count). The van der Waals surface area contributed by atoms with Crippen LogP contribution in [0.1, 0.15) is 58.8 Å². The molecule has 2 aliphatic rings. The van der Waals surface area contributed by atoms with Crippen LogP contribution in [0.5, 0.6) is 0 Å². The Morgan fingerprint density at radius 2 is 2.00 bits per heavy atom. The summed E-state index contributed by atoms with van der Waals surface area (Å²) in [5, 5.41) is 0. The first-order valence-electron chi connectivity index (χ1n) is 7.33. The highest BCUT2D eigenvalue weighted by Gasteiger charge is 2.33. The van der Waals surface area contributed by atoms with Crippen molar-refractivity contribution in [3.8, 4) is 0 Å². The van der Waals surface area contributed by atoms with Gasteiger partial charge in [0.15, 0.2) is 0 Å². The van der Waals surface area contributed by atoms with Gasteiger partial charge in [-0.2, -0.15) is 0 Å². The van der Waals surface area contributed by atoms with Crippen molar-refractivity contribution in [1.82, 2.24) is 0 Å². The number of rotatable bonds is 5. The van der Waals surface area contributed by atoms with Crippen molar-refractivity contribution in [3.05, 3.63) is 0 Å². The summed E-state index contributed by atoms with van der Waals surface area (Å²) in [5.41, 5.74) is 0. The fraction of sp³-hybridized carbons (Fsp3) is 0.933. The lowest BCUT2D eigenvalue weighted by atomic mass is 9.74. The lowest BCUT2D eigenvalue weighted by molar-refractivity contribution is -0.127. The summed E-state index contributed by atoms with van der Waals surface area (Å²) in [6.45, 7) is 5.14. The molecule has 2 heteroatoms. The maximum absolute atomic E-state index is 12.2. The second kappa shape index (κ2) is 5.99. The van der Waals surface area contributed by atoms with E-state index in [-0.39, 0.29) is 0 Å². The molecule has 2 unspecified atom stereocenters. The van der Waals surface area contributed by atoms with E-state index in [0.29, 0.717) is 23.7 Å². The molecule has 98 valence electrons. The lowest BCUT2D eigenvalue weighted by Crippen LogP contribution is -2.34. The van der Waals surface area contributed by atoms with Gasteiger partial charge in [-0.25, -0.2) is 0 Å². The monoisotopic (exact) mass is 238 g/mol. The maximum atomic E-state index is 12.2. The Bertz CT molecular complexity index is 256. The number of Topliss-reactive ketones (excluding diaryl/α,β-unsaturated/α-hetero) is 1. The molecule has 0 aromatic heterocycles. The van der Waals surface area contributed by atoms with Crippen LogP contribution in [0, 0.1) is 17.8 Å².